The van der Waals surface area contributed by atoms with E-state index < -0.39 is 0 Å². The summed E-state index contributed by atoms with van der Waals surface area (Å²) in [7, 11) is 0. The number of nitrogens with two attached hydrogens (primary N) is 1. The Labute approximate surface area is 122 Å². The van der Waals surface area contributed by atoms with Crippen LogP contribution < -0.4 is 5.73 Å². The van der Waals surface area contributed by atoms with Crippen molar-refractivity contribution >= 4 is 11.8 Å². The maximum absolute atomic E-state index is 5.44. The van der Waals surface area contributed by atoms with Gasteiger partial charge in [0.05, 0.1) is 18.3 Å². The van der Waals surface area contributed by atoms with Crippen molar-refractivity contribution in [2.75, 3.05) is 0 Å². The Balaban J connectivity index is 1.56. The summed E-state index contributed by atoms with van der Waals surface area (Å²) < 4.78 is 7.48. The van der Waals surface area contributed by atoms with Crippen LogP contribution in [0, 0.1) is 0 Å². The molecule has 0 bridgehead atoms. The Morgan fingerprint density at radius 2 is 2.15 bits per heavy atom. The zero-order chi connectivity index (χ0) is 13.8. The van der Waals surface area contributed by atoms with Crippen LogP contribution in [0.2, 0.25) is 0 Å². The van der Waals surface area contributed by atoms with Crippen LogP contribution in [0.4, 0.5) is 0 Å². The fraction of sp³-hybridized carbons (Fsp3) is 0.615. The predicted molar refractivity (Wildman–Crippen MR) is 76.1 cm³/mol. The monoisotopic (exact) mass is 293 g/mol. The highest BCUT2D eigenvalue weighted by molar-refractivity contribution is 7.98. The maximum atomic E-state index is 5.44. The maximum Gasteiger partial charge on any atom is 0.277 e. The molecule has 1 aliphatic rings. The molecule has 1 saturated carbocycles. The van der Waals surface area contributed by atoms with Crippen molar-refractivity contribution in [2.24, 2.45) is 5.73 Å². The van der Waals surface area contributed by atoms with Gasteiger partial charge >= 0.3 is 0 Å². The van der Waals surface area contributed by atoms with Gasteiger partial charge in [-0.3, -0.25) is 4.68 Å². The molecule has 2 aromatic heterocycles. The Morgan fingerprint density at radius 3 is 2.90 bits per heavy atom. The number of rotatable bonds is 5. The third-order valence-corrected chi connectivity index (χ3v) is 4.43. The lowest BCUT2D eigenvalue weighted by Gasteiger charge is -2.21. The first-order valence-corrected chi connectivity index (χ1v) is 8.03. The van der Waals surface area contributed by atoms with Crippen LogP contribution in [0.15, 0.2) is 21.9 Å². The molecule has 0 saturated heterocycles. The SMILES string of the molecule is NCc1nnc(SCc2ccn(C3CCCCC3)n2)o1. The number of nitrogens with zero attached hydrogens (tertiary/aromatic N) is 4. The highest BCUT2D eigenvalue weighted by Crippen LogP contribution is 2.28. The van der Waals surface area contributed by atoms with Gasteiger partial charge in [-0.15, -0.1) is 10.2 Å². The smallest absolute Gasteiger partial charge is 0.277 e. The van der Waals surface area contributed by atoms with E-state index in [1.165, 1.54) is 43.9 Å². The van der Waals surface area contributed by atoms with Gasteiger partial charge in [0.1, 0.15) is 0 Å². The standard InChI is InChI=1S/C13H19N5OS/c14-8-12-15-16-13(19-12)20-9-10-6-7-18(17-10)11-4-2-1-3-5-11/h6-7,11H,1-5,8-9,14H2. The Kier molecular flexibility index (Phi) is 4.37. The molecule has 20 heavy (non-hydrogen) atoms. The minimum Gasteiger partial charge on any atom is -0.415 e. The van der Waals surface area contributed by atoms with E-state index in [4.69, 9.17) is 10.2 Å². The summed E-state index contributed by atoms with van der Waals surface area (Å²) in [6.07, 6.45) is 8.58. The summed E-state index contributed by atoms with van der Waals surface area (Å²) in [5.74, 6) is 1.21. The van der Waals surface area contributed by atoms with Gasteiger partial charge < -0.3 is 10.2 Å². The number of hydrogen-bond acceptors (Lipinski definition) is 6. The third-order valence-electron chi connectivity index (χ3n) is 3.58. The van der Waals surface area contributed by atoms with E-state index in [9.17, 15) is 0 Å². The molecular weight excluding hydrogens is 274 g/mol. The highest BCUT2D eigenvalue weighted by Gasteiger charge is 2.16. The molecule has 6 nitrogen and oxygen atoms in total. The lowest BCUT2D eigenvalue weighted by atomic mass is 9.96. The van der Waals surface area contributed by atoms with E-state index in [1.54, 1.807) is 0 Å². The fourth-order valence-electron chi connectivity index (χ4n) is 2.52. The number of hydrogen-bond donors (Lipinski definition) is 1. The quantitative estimate of drug-likeness (QED) is 0.853. The van der Waals surface area contributed by atoms with Crippen molar-refractivity contribution in [1.29, 1.82) is 0 Å². The lowest BCUT2D eigenvalue weighted by Crippen LogP contribution is -2.13. The van der Waals surface area contributed by atoms with E-state index in [0.29, 0.717) is 17.2 Å². The fourth-order valence-corrected chi connectivity index (χ4v) is 3.20. The molecule has 1 aliphatic carbocycles. The van der Waals surface area contributed by atoms with E-state index >= 15 is 0 Å². The molecule has 0 aromatic carbocycles. The van der Waals surface area contributed by atoms with Gasteiger partial charge in [0.2, 0.25) is 5.89 Å². The minimum absolute atomic E-state index is 0.282. The molecule has 0 amide bonds. The summed E-state index contributed by atoms with van der Waals surface area (Å²) in [6.45, 7) is 0.282. The van der Waals surface area contributed by atoms with Gasteiger partial charge in [-0.1, -0.05) is 31.0 Å². The van der Waals surface area contributed by atoms with Crippen LogP contribution in [0.3, 0.4) is 0 Å². The lowest BCUT2D eigenvalue weighted by molar-refractivity contribution is 0.328. The van der Waals surface area contributed by atoms with Crippen LogP contribution in [0.25, 0.3) is 0 Å². The van der Waals surface area contributed by atoms with E-state index in [2.05, 4.69) is 32.2 Å². The third kappa shape index (κ3) is 3.21. The first-order valence-electron chi connectivity index (χ1n) is 7.04. The van der Waals surface area contributed by atoms with Gasteiger partial charge in [0.15, 0.2) is 0 Å². The number of aromatic nitrogens is 4. The zero-order valence-corrected chi connectivity index (χ0v) is 12.2. The van der Waals surface area contributed by atoms with Gasteiger partial charge in [-0.25, -0.2) is 0 Å². The van der Waals surface area contributed by atoms with Gasteiger partial charge in [0, 0.05) is 11.9 Å². The first kappa shape index (κ1) is 13.6. The Bertz CT molecular complexity index is 546. The van der Waals surface area contributed by atoms with Crippen molar-refractivity contribution in [3.63, 3.8) is 0 Å². The molecule has 0 radical (unpaired) electrons. The summed E-state index contributed by atoms with van der Waals surface area (Å²) in [5, 5.41) is 13.0. The van der Waals surface area contributed by atoms with Crippen LogP contribution >= 0.6 is 11.8 Å². The number of thioether (sulfide) groups is 1. The van der Waals surface area contributed by atoms with Crippen LogP contribution in [-0.2, 0) is 12.3 Å². The zero-order valence-electron chi connectivity index (χ0n) is 11.4. The molecule has 2 N–H and O–H groups in total. The average Bonchev–Trinajstić information content (AvgIpc) is 3.15. The van der Waals surface area contributed by atoms with Gasteiger partial charge in [-0.05, 0) is 18.9 Å². The molecular formula is C13H19N5OS. The normalized spacial score (nSPS) is 16.6. The molecule has 0 spiro atoms. The molecule has 3 rings (SSSR count). The molecule has 108 valence electrons. The van der Waals surface area contributed by atoms with Gasteiger partial charge in [-0.2, -0.15) is 5.10 Å². The van der Waals surface area contributed by atoms with Crippen molar-refractivity contribution < 1.29 is 4.42 Å². The van der Waals surface area contributed by atoms with E-state index in [1.807, 2.05) is 0 Å². The molecule has 1 fully saturated rings. The topological polar surface area (TPSA) is 82.8 Å². The van der Waals surface area contributed by atoms with Crippen molar-refractivity contribution in [1.82, 2.24) is 20.0 Å². The summed E-state index contributed by atoms with van der Waals surface area (Å²) >= 11 is 1.50. The molecule has 7 heteroatoms. The average molecular weight is 293 g/mol. The predicted octanol–water partition coefficient (Wildman–Crippen LogP) is 2.52. The highest BCUT2D eigenvalue weighted by atomic mass is 32.2. The van der Waals surface area contributed by atoms with Crippen LogP contribution in [-0.4, -0.2) is 20.0 Å². The summed E-state index contributed by atoms with van der Waals surface area (Å²) in [4.78, 5) is 0. The van der Waals surface area contributed by atoms with Crippen LogP contribution in [0.1, 0.15) is 49.7 Å². The molecule has 2 heterocycles. The second-order valence-corrected chi connectivity index (χ2v) is 5.96. The molecule has 0 aliphatic heterocycles. The molecule has 0 atom stereocenters. The Hall–Kier alpha value is -1.34. The van der Waals surface area contributed by atoms with Crippen LogP contribution in [0.5, 0.6) is 0 Å². The molecule has 0 unspecified atom stereocenters. The largest absolute Gasteiger partial charge is 0.415 e. The van der Waals surface area contributed by atoms with E-state index in [-0.39, 0.29) is 6.54 Å². The summed E-state index contributed by atoms with van der Waals surface area (Å²) in [6, 6.07) is 2.65. The van der Waals surface area contributed by atoms with Crippen molar-refractivity contribution in [3.05, 3.63) is 23.8 Å². The van der Waals surface area contributed by atoms with Crippen molar-refractivity contribution in [2.45, 2.75) is 55.7 Å². The summed E-state index contributed by atoms with van der Waals surface area (Å²) in [5.41, 5.74) is 6.48. The second kappa shape index (κ2) is 6.41. The molecule has 2 aromatic rings. The second-order valence-electron chi connectivity index (χ2n) is 5.03. The van der Waals surface area contributed by atoms with Gasteiger partial charge in [0.25, 0.3) is 5.22 Å². The Morgan fingerprint density at radius 1 is 1.30 bits per heavy atom. The minimum atomic E-state index is 0.282. The van der Waals surface area contributed by atoms with E-state index in [0.717, 1.165) is 11.4 Å². The van der Waals surface area contributed by atoms with Crippen molar-refractivity contribution in [3.8, 4) is 0 Å². The first-order chi connectivity index (χ1) is 9.85.